The van der Waals surface area contributed by atoms with Gasteiger partial charge in [0.15, 0.2) is 0 Å². The average Bonchev–Trinajstić information content (AvgIpc) is 2.04. The Morgan fingerprint density at radius 3 is 2.64 bits per heavy atom. The molecule has 0 aromatic carbocycles. The summed E-state index contributed by atoms with van der Waals surface area (Å²) >= 11 is 0. The molecule has 1 fully saturated rings. The van der Waals surface area contributed by atoms with E-state index in [4.69, 9.17) is 5.73 Å². The van der Waals surface area contributed by atoms with Crippen LogP contribution in [0, 0.1) is 6.54 Å². The summed E-state index contributed by atoms with van der Waals surface area (Å²) in [5.74, 6) is 0. The zero-order valence-corrected chi connectivity index (χ0v) is 7.42. The van der Waals surface area contributed by atoms with Crippen molar-refractivity contribution in [3.8, 4) is 0 Å². The van der Waals surface area contributed by atoms with E-state index in [1.165, 1.54) is 38.8 Å². The van der Waals surface area contributed by atoms with Crippen molar-refractivity contribution in [3.05, 3.63) is 6.54 Å². The fraction of sp³-hybridized carbons (Fsp3) is 0.889. The Labute approximate surface area is 69.8 Å². The molecule has 0 saturated carbocycles. The molecule has 0 spiro atoms. The fourth-order valence-corrected chi connectivity index (χ4v) is 1.41. The van der Waals surface area contributed by atoms with Gasteiger partial charge in [-0.25, -0.2) is 0 Å². The summed E-state index contributed by atoms with van der Waals surface area (Å²) < 4.78 is 0. The van der Waals surface area contributed by atoms with Crippen LogP contribution >= 0.6 is 0 Å². The van der Waals surface area contributed by atoms with E-state index < -0.39 is 0 Å². The number of rotatable bonds is 3. The van der Waals surface area contributed by atoms with Gasteiger partial charge >= 0.3 is 0 Å². The van der Waals surface area contributed by atoms with Crippen molar-refractivity contribution in [2.75, 3.05) is 13.1 Å². The summed E-state index contributed by atoms with van der Waals surface area (Å²) in [5.41, 5.74) is 5.79. The van der Waals surface area contributed by atoms with Gasteiger partial charge in [0.2, 0.25) is 0 Å². The third kappa shape index (κ3) is 3.21. The lowest BCUT2D eigenvalue weighted by Gasteiger charge is -2.29. The van der Waals surface area contributed by atoms with Crippen LogP contribution in [0.25, 0.3) is 0 Å². The number of hydrogen-bond donors (Lipinski definition) is 1. The van der Waals surface area contributed by atoms with Crippen LogP contribution in [0.4, 0.5) is 0 Å². The molecule has 0 aromatic rings. The maximum absolute atomic E-state index is 5.79. The molecule has 1 saturated heterocycles. The van der Waals surface area contributed by atoms with Crippen LogP contribution in [0.5, 0.6) is 0 Å². The molecule has 1 rings (SSSR count). The number of piperidine rings is 1. The van der Waals surface area contributed by atoms with E-state index in [1.807, 2.05) is 0 Å². The minimum Gasteiger partial charge on any atom is -0.328 e. The molecule has 2 N–H and O–H groups in total. The van der Waals surface area contributed by atoms with Crippen LogP contribution in [-0.4, -0.2) is 24.0 Å². The summed E-state index contributed by atoms with van der Waals surface area (Å²) in [6.45, 7) is 6.88. The number of likely N-dealkylation sites (tertiary alicyclic amines) is 1. The van der Waals surface area contributed by atoms with Gasteiger partial charge in [0, 0.05) is 12.6 Å². The number of hydrogen-bond acceptors (Lipinski definition) is 2. The van der Waals surface area contributed by atoms with Crippen molar-refractivity contribution in [2.24, 2.45) is 5.73 Å². The predicted molar refractivity (Wildman–Crippen MR) is 48.0 cm³/mol. The molecule has 0 atom stereocenters. The summed E-state index contributed by atoms with van der Waals surface area (Å²) in [4.78, 5) is 2.41. The molecule has 1 aliphatic rings. The lowest BCUT2D eigenvalue weighted by atomic mass is 10.1. The Bertz CT molecular complexity index is 93.0. The predicted octanol–water partition coefficient (Wildman–Crippen LogP) is 1.37. The zero-order valence-electron chi connectivity index (χ0n) is 7.42. The van der Waals surface area contributed by atoms with Gasteiger partial charge in [-0.3, -0.25) is 4.90 Å². The lowest BCUT2D eigenvalue weighted by Crippen LogP contribution is -2.38. The first-order valence-corrected chi connectivity index (χ1v) is 4.66. The molecule has 0 aliphatic carbocycles. The highest BCUT2D eigenvalue weighted by Gasteiger charge is 2.14. The van der Waals surface area contributed by atoms with E-state index in [-0.39, 0.29) is 0 Å². The van der Waals surface area contributed by atoms with Crippen molar-refractivity contribution >= 4 is 0 Å². The summed E-state index contributed by atoms with van der Waals surface area (Å²) in [6.07, 6.45) is 4.80. The molecule has 1 aliphatic heterocycles. The van der Waals surface area contributed by atoms with Gasteiger partial charge in [-0.15, -0.1) is 0 Å². The fourth-order valence-electron chi connectivity index (χ4n) is 1.41. The molecular formula is C9H19N2. The number of nitrogens with zero attached hydrogens (tertiary/aromatic N) is 1. The second-order valence-corrected chi connectivity index (χ2v) is 3.34. The first-order chi connectivity index (χ1) is 5.33. The van der Waals surface area contributed by atoms with Gasteiger partial charge in [0.25, 0.3) is 0 Å². The van der Waals surface area contributed by atoms with Crippen molar-refractivity contribution < 1.29 is 0 Å². The van der Waals surface area contributed by atoms with Crippen molar-refractivity contribution in [3.63, 3.8) is 0 Å². The normalized spacial score (nSPS) is 22.4. The van der Waals surface area contributed by atoms with Crippen LogP contribution in [0.15, 0.2) is 0 Å². The maximum atomic E-state index is 5.79. The van der Waals surface area contributed by atoms with Crippen molar-refractivity contribution in [1.82, 2.24) is 4.90 Å². The third-order valence-electron chi connectivity index (χ3n) is 2.25. The topological polar surface area (TPSA) is 29.3 Å². The van der Waals surface area contributed by atoms with Crippen LogP contribution in [-0.2, 0) is 0 Å². The van der Waals surface area contributed by atoms with Gasteiger partial charge in [-0.05, 0) is 32.4 Å². The van der Waals surface area contributed by atoms with E-state index in [1.54, 1.807) is 0 Å². The Morgan fingerprint density at radius 2 is 2.09 bits per heavy atom. The highest BCUT2D eigenvalue weighted by Crippen LogP contribution is 2.11. The second-order valence-electron chi connectivity index (χ2n) is 3.34. The first-order valence-electron chi connectivity index (χ1n) is 4.66. The number of nitrogens with two attached hydrogens (primary N) is 1. The monoisotopic (exact) mass is 155 g/mol. The molecule has 0 aromatic heterocycles. The average molecular weight is 155 g/mol. The second kappa shape index (κ2) is 4.73. The third-order valence-corrected chi connectivity index (χ3v) is 2.25. The van der Waals surface area contributed by atoms with Gasteiger partial charge in [0.1, 0.15) is 0 Å². The first kappa shape index (κ1) is 9.01. The van der Waals surface area contributed by atoms with E-state index in [9.17, 15) is 0 Å². The minimum atomic E-state index is 0.460. The Hall–Kier alpha value is -0.0800. The summed E-state index contributed by atoms with van der Waals surface area (Å²) in [6, 6.07) is 0.460. The molecule has 1 heterocycles. The summed E-state index contributed by atoms with van der Waals surface area (Å²) in [5, 5.41) is 0. The van der Waals surface area contributed by atoms with E-state index >= 15 is 0 Å². The zero-order chi connectivity index (χ0) is 8.10. The molecule has 65 valence electrons. The highest BCUT2D eigenvalue weighted by atomic mass is 15.1. The molecule has 2 nitrogen and oxygen atoms in total. The smallest absolute Gasteiger partial charge is 0.0251 e. The van der Waals surface area contributed by atoms with Crippen LogP contribution < -0.4 is 5.73 Å². The standard InChI is InChI=1S/C9H19N2/c1-2-3-6-11-7-4-9(10)5-8-11/h6,9H,2-5,7-8,10H2,1H3. The molecule has 11 heavy (non-hydrogen) atoms. The Morgan fingerprint density at radius 1 is 1.45 bits per heavy atom. The lowest BCUT2D eigenvalue weighted by molar-refractivity contribution is 0.250. The van der Waals surface area contributed by atoms with Crippen LogP contribution in [0.1, 0.15) is 32.6 Å². The van der Waals surface area contributed by atoms with Gasteiger partial charge < -0.3 is 5.73 Å². The van der Waals surface area contributed by atoms with Gasteiger partial charge in [-0.1, -0.05) is 13.3 Å². The van der Waals surface area contributed by atoms with E-state index in [0.29, 0.717) is 6.04 Å². The maximum Gasteiger partial charge on any atom is 0.0251 e. The van der Waals surface area contributed by atoms with Gasteiger partial charge in [-0.2, -0.15) is 0 Å². The Balaban J connectivity index is 2.07. The highest BCUT2D eigenvalue weighted by molar-refractivity contribution is 4.78. The molecule has 0 amide bonds. The molecular weight excluding hydrogens is 136 g/mol. The van der Waals surface area contributed by atoms with E-state index in [2.05, 4.69) is 18.4 Å². The molecule has 0 unspecified atom stereocenters. The molecule has 1 radical (unpaired) electrons. The SMILES string of the molecule is CCC[CH]N1CCC(N)CC1. The quantitative estimate of drug-likeness (QED) is 0.667. The van der Waals surface area contributed by atoms with Crippen LogP contribution in [0.2, 0.25) is 0 Å². The largest absolute Gasteiger partial charge is 0.328 e. The summed E-state index contributed by atoms with van der Waals surface area (Å²) in [7, 11) is 0. The van der Waals surface area contributed by atoms with Gasteiger partial charge in [0.05, 0.1) is 0 Å². The molecule has 0 bridgehead atoms. The van der Waals surface area contributed by atoms with Crippen LogP contribution in [0.3, 0.4) is 0 Å². The van der Waals surface area contributed by atoms with Crippen molar-refractivity contribution in [2.45, 2.75) is 38.6 Å². The van der Waals surface area contributed by atoms with Crippen molar-refractivity contribution in [1.29, 1.82) is 0 Å². The minimum absolute atomic E-state index is 0.460. The van der Waals surface area contributed by atoms with E-state index in [0.717, 1.165) is 0 Å². The number of unbranched alkanes of at least 4 members (excludes halogenated alkanes) is 1. The molecule has 2 heteroatoms. The Kier molecular flexibility index (Phi) is 3.87.